The Morgan fingerprint density at radius 3 is 2.38 bits per heavy atom. The molecule has 0 spiro atoms. The molecule has 1 aliphatic heterocycles. The van der Waals surface area contributed by atoms with E-state index >= 15 is 0 Å². The Bertz CT molecular complexity index is 690. The number of nitrogens with one attached hydrogen (secondary N) is 1. The molecule has 1 fully saturated rings. The number of benzene rings is 2. The second-order valence-electron chi connectivity index (χ2n) is 5.67. The van der Waals surface area contributed by atoms with Crippen molar-refractivity contribution < 1.29 is 14.3 Å². The highest BCUT2D eigenvalue weighted by atomic mass is 32.2. The first-order valence-corrected chi connectivity index (χ1v) is 9.05. The Morgan fingerprint density at radius 1 is 1.00 bits per heavy atom. The number of esters is 1. The van der Waals surface area contributed by atoms with Crippen molar-refractivity contribution in [3.05, 3.63) is 71.8 Å². The standard InChI is InChI=1S/C19H19NO3S/c21-18(11-14-7-3-1-4-8-14)23-17-13-24-12-16(17)20-19(22)15-9-5-2-6-10-15/h1-10,16-17H,11-13H2,(H,20,22)/t16-,17+/m1/s1. The maximum absolute atomic E-state index is 12.3. The molecule has 2 aromatic carbocycles. The van der Waals surface area contributed by atoms with Crippen molar-refractivity contribution in [2.75, 3.05) is 11.5 Å². The van der Waals surface area contributed by atoms with Gasteiger partial charge in [-0.15, -0.1) is 0 Å². The molecule has 1 heterocycles. The lowest BCUT2D eigenvalue weighted by Gasteiger charge is -2.20. The average Bonchev–Trinajstić information content (AvgIpc) is 3.03. The minimum absolute atomic E-state index is 0.132. The number of carbonyl (C=O) groups excluding carboxylic acids is 2. The van der Waals surface area contributed by atoms with Gasteiger partial charge in [0.2, 0.25) is 0 Å². The van der Waals surface area contributed by atoms with Crippen molar-refractivity contribution in [1.29, 1.82) is 0 Å². The van der Waals surface area contributed by atoms with Gasteiger partial charge in [-0.25, -0.2) is 0 Å². The summed E-state index contributed by atoms with van der Waals surface area (Å²) in [5, 5.41) is 2.98. The van der Waals surface area contributed by atoms with Gasteiger partial charge in [-0.1, -0.05) is 48.5 Å². The van der Waals surface area contributed by atoms with Crippen LogP contribution in [0.2, 0.25) is 0 Å². The minimum Gasteiger partial charge on any atom is -0.459 e. The fraction of sp³-hybridized carbons (Fsp3) is 0.263. The average molecular weight is 341 g/mol. The molecule has 2 aromatic rings. The Hall–Kier alpha value is -2.27. The van der Waals surface area contributed by atoms with Crippen LogP contribution >= 0.6 is 11.8 Å². The fourth-order valence-corrected chi connectivity index (χ4v) is 3.82. The normalized spacial score (nSPS) is 19.7. The highest BCUT2D eigenvalue weighted by Gasteiger charge is 2.32. The van der Waals surface area contributed by atoms with Crippen LogP contribution in [0, 0.1) is 0 Å². The van der Waals surface area contributed by atoms with Gasteiger partial charge in [0.1, 0.15) is 6.10 Å². The lowest BCUT2D eigenvalue weighted by Crippen LogP contribution is -2.44. The molecule has 0 saturated carbocycles. The predicted molar refractivity (Wildman–Crippen MR) is 95.0 cm³/mol. The van der Waals surface area contributed by atoms with Crippen LogP contribution in [0.1, 0.15) is 15.9 Å². The van der Waals surface area contributed by atoms with Crippen LogP contribution in [-0.2, 0) is 16.0 Å². The van der Waals surface area contributed by atoms with E-state index in [9.17, 15) is 9.59 Å². The first-order valence-electron chi connectivity index (χ1n) is 7.89. The smallest absolute Gasteiger partial charge is 0.310 e. The van der Waals surface area contributed by atoms with E-state index in [-0.39, 0.29) is 30.4 Å². The van der Waals surface area contributed by atoms with Crippen molar-refractivity contribution in [1.82, 2.24) is 5.32 Å². The summed E-state index contributed by atoms with van der Waals surface area (Å²) < 4.78 is 5.59. The van der Waals surface area contributed by atoms with E-state index in [1.54, 1.807) is 23.9 Å². The molecule has 1 amide bonds. The Labute approximate surface area is 145 Å². The summed E-state index contributed by atoms with van der Waals surface area (Å²) in [4.78, 5) is 24.4. The number of hydrogen-bond donors (Lipinski definition) is 1. The van der Waals surface area contributed by atoms with Crippen molar-refractivity contribution in [2.24, 2.45) is 0 Å². The number of carbonyl (C=O) groups is 2. The maximum Gasteiger partial charge on any atom is 0.310 e. The summed E-state index contributed by atoms with van der Waals surface area (Å²) >= 11 is 1.68. The Kier molecular flexibility index (Phi) is 5.54. The number of ether oxygens (including phenoxy) is 1. The van der Waals surface area contributed by atoms with E-state index in [4.69, 9.17) is 4.74 Å². The van der Waals surface area contributed by atoms with Crippen molar-refractivity contribution in [3.63, 3.8) is 0 Å². The predicted octanol–water partition coefficient (Wildman–Crippen LogP) is 2.69. The van der Waals surface area contributed by atoms with Gasteiger partial charge in [0, 0.05) is 17.1 Å². The zero-order chi connectivity index (χ0) is 16.8. The second-order valence-corrected chi connectivity index (χ2v) is 6.75. The molecule has 124 valence electrons. The largest absolute Gasteiger partial charge is 0.459 e. The molecule has 0 unspecified atom stereocenters. The SMILES string of the molecule is O=C(Cc1ccccc1)O[C@H]1CSC[C@H]1NC(=O)c1ccccc1. The van der Waals surface area contributed by atoms with Gasteiger partial charge in [-0.05, 0) is 17.7 Å². The third kappa shape index (κ3) is 4.38. The molecule has 24 heavy (non-hydrogen) atoms. The molecule has 2 atom stereocenters. The van der Waals surface area contributed by atoms with Crippen LogP contribution in [0.25, 0.3) is 0 Å². The number of thioether (sulfide) groups is 1. The Balaban J connectivity index is 1.55. The molecule has 1 aliphatic rings. The van der Waals surface area contributed by atoms with E-state index in [0.29, 0.717) is 11.3 Å². The molecular formula is C19H19NO3S. The monoisotopic (exact) mass is 341 g/mol. The van der Waals surface area contributed by atoms with Crippen LogP contribution in [0.4, 0.5) is 0 Å². The van der Waals surface area contributed by atoms with Gasteiger partial charge in [0.05, 0.1) is 12.5 Å². The molecule has 3 rings (SSSR count). The summed E-state index contributed by atoms with van der Waals surface area (Å²) in [7, 11) is 0. The van der Waals surface area contributed by atoms with Crippen LogP contribution in [0.5, 0.6) is 0 Å². The van der Waals surface area contributed by atoms with E-state index in [1.807, 2.05) is 48.5 Å². The van der Waals surface area contributed by atoms with Crippen molar-refractivity contribution >= 4 is 23.6 Å². The molecule has 0 aliphatic carbocycles. The Morgan fingerprint density at radius 2 is 1.67 bits per heavy atom. The molecule has 1 saturated heterocycles. The summed E-state index contributed by atoms with van der Waals surface area (Å²) in [6.07, 6.45) is -0.0275. The summed E-state index contributed by atoms with van der Waals surface area (Å²) in [6, 6.07) is 18.4. The van der Waals surface area contributed by atoms with Crippen LogP contribution < -0.4 is 5.32 Å². The van der Waals surface area contributed by atoms with Crippen molar-refractivity contribution in [3.8, 4) is 0 Å². The minimum atomic E-state index is -0.279. The fourth-order valence-electron chi connectivity index (χ4n) is 2.60. The van der Waals surface area contributed by atoms with E-state index in [1.165, 1.54) is 0 Å². The van der Waals surface area contributed by atoms with Gasteiger partial charge in [0.25, 0.3) is 5.91 Å². The zero-order valence-electron chi connectivity index (χ0n) is 13.2. The summed E-state index contributed by atoms with van der Waals surface area (Å²) in [5.41, 5.74) is 1.54. The lowest BCUT2D eigenvalue weighted by molar-refractivity contribution is -0.147. The molecule has 0 aromatic heterocycles. The van der Waals surface area contributed by atoms with Gasteiger partial charge in [-0.2, -0.15) is 11.8 Å². The summed E-state index contributed by atoms with van der Waals surface area (Å²) in [5.74, 6) is 1.07. The van der Waals surface area contributed by atoms with Crippen LogP contribution in [0.15, 0.2) is 60.7 Å². The summed E-state index contributed by atoms with van der Waals surface area (Å²) in [6.45, 7) is 0. The van der Waals surface area contributed by atoms with Gasteiger partial charge in [0.15, 0.2) is 0 Å². The second kappa shape index (κ2) is 8.02. The third-order valence-electron chi connectivity index (χ3n) is 3.85. The third-order valence-corrected chi connectivity index (χ3v) is 5.01. The number of hydrogen-bond acceptors (Lipinski definition) is 4. The van der Waals surface area contributed by atoms with Crippen molar-refractivity contribution in [2.45, 2.75) is 18.6 Å². The molecule has 0 bridgehead atoms. The maximum atomic E-state index is 12.3. The molecule has 5 heteroatoms. The number of rotatable bonds is 5. The van der Waals surface area contributed by atoms with Gasteiger partial charge >= 0.3 is 5.97 Å². The first-order chi connectivity index (χ1) is 11.7. The van der Waals surface area contributed by atoms with E-state index < -0.39 is 0 Å². The molecule has 4 nitrogen and oxygen atoms in total. The van der Waals surface area contributed by atoms with Gasteiger partial charge in [-0.3, -0.25) is 9.59 Å². The first kappa shape index (κ1) is 16.6. The van der Waals surface area contributed by atoms with E-state index in [0.717, 1.165) is 11.3 Å². The highest BCUT2D eigenvalue weighted by molar-refractivity contribution is 7.99. The quantitative estimate of drug-likeness (QED) is 0.850. The van der Waals surface area contributed by atoms with E-state index in [2.05, 4.69) is 5.32 Å². The molecular weight excluding hydrogens is 322 g/mol. The zero-order valence-corrected chi connectivity index (χ0v) is 14.0. The van der Waals surface area contributed by atoms with Crippen LogP contribution in [-0.4, -0.2) is 35.5 Å². The molecule has 0 radical (unpaired) electrons. The molecule has 1 N–H and O–H groups in total. The number of amides is 1. The van der Waals surface area contributed by atoms with Crippen LogP contribution in [0.3, 0.4) is 0 Å². The highest BCUT2D eigenvalue weighted by Crippen LogP contribution is 2.22. The topological polar surface area (TPSA) is 55.4 Å². The van der Waals surface area contributed by atoms with Gasteiger partial charge < -0.3 is 10.1 Å². The lowest BCUT2D eigenvalue weighted by atomic mass is 10.1.